The first-order valence-electron chi connectivity index (χ1n) is 11.5. The van der Waals surface area contributed by atoms with Crippen LogP contribution in [0.15, 0.2) is 30.3 Å². The monoisotopic (exact) mass is 474 g/mol. The van der Waals surface area contributed by atoms with E-state index in [1.165, 1.54) is 0 Å². The van der Waals surface area contributed by atoms with Crippen LogP contribution in [0, 0.1) is 41.5 Å². The maximum atomic E-state index is 12.5. The summed E-state index contributed by atoms with van der Waals surface area (Å²) in [6.07, 6.45) is 0.604. The Labute approximate surface area is 204 Å². The number of amides is 1. The molecule has 3 aromatic heterocycles. The Morgan fingerprint density at radius 1 is 0.943 bits per heavy atom. The summed E-state index contributed by atoms with van der Waals surface area (Å²) < 4.78 is 8.81. The number of anilines is 1. The van der Waals surface area contributed by atoms with Crippen LogP contribution in [-0.4, -0.2) is 42.9 Å². The Morgan fingerprint density at radius 2 is 1.66 bits per heavy atom. The first-order valence-corrected chi connectivity index (χ1v) is 11.5. The third-order valence-electron chi connectivity index (χ3n) is 6.06. The molecule has 0 aliphatic rings. The lowest BCUT2D eigenvalue weighted by atomic mass is 10.1. The van der Waals surface area contributed by atoms with Crippen molar-refractivity contribution in [2.45, 2.75) is 54.4 Å². The van der Waals surface area contributed by atoms with Crippen molar-refractivity contribution in [3.8, 4) is 5.69 Å². The van der Waals surface area contributed by atoms with Gasteiger partial charge in [0, 0.05) is 23.9 Å². The van der Waals surface area contributed by atoms with Gasteiger partial charge in [-0.3, -0.25) is 9.59 Å². The molecule has 1 aromatic carbocycles. The Morgan fingerprint density at radius 3 is 2.37 bits per heavy atom. The fourth-order valence-electron chi connectivity index (χ4n) is 4.18. The van der Waals surface area contributed by atoms with E-state index in [4.69, 9.17) is 4.74 Å². The normalized spacial score (nSPS) is 11.1. The zero-order chi connectivity index (χ0) is 25.3. The molecule has 3 heterocycles. The van der Waals surface area contributed by atoms with Gasteiger partial charge < -0.3 is 10.1 Å². The number of esters is 1. The van der Waals surface area contributed by atoms with E-state index in [1.54, 1.807) is 9.20 Å². The third-order valence-corrected chi connectivity index (χ3v) is 6.06. The maximum absolute atomic E-state index is 12.5. The highest BCUT2D eigenvalue weighted by atomic mass is 16.5. The fourth-order valence-corrected chi connectivity index (χ4v) is 4.18. The predicted octanol–water partition coefficient (Wildman–Crippen LogP) is 3.88. The van der Waals surface area contributed by atoms with Gasteiger partial charge in [-0.25, -0.2) is 14.2 Å². The maximum Gasteiger partial charge on any atom is 0.306 e. The quantitative estimate of drug-likeness (QED) is 0.408. The number of ether oxygens (including phenoxy) is 1. The summed E-state index contributed by atoms with van der Waals surface area (Å²) in [7, 11) is 0. The van der Waals surface area contributed by atoms with E-state index in [9.17, 15) is 9.59 Å². The highest BCUT2D eigenvalue weighted by Gasteiger charge is 2.17. The van der Waals surface area contributed by atoms with Crippen LogP contribution in [0.1, 0.15) is 46.0 Å². The molecule has 35 heavy (non-hydrogen) atoms. The summed E-state index contributed by atoms with van der Waals surface area (Å²) >= 11 is 0. The molecule has 1 amide bonds. The van der Waals surface area contributed by atoms with Crippen LogP contribution in [0.4, 0.5) is 5.69 Å². The number of benzene rings is 1. The first kappa shape index (κ1) is 24.1. The minimum absolute atomic E-state index is 0.145. The molecule has 0 unspecified atom stereocenters. The van der Waals surface area contributed by atoms with Crippen molar-refractivity contribution in [1.82, 2.24) is 24.4 Å². The van der Waals surface area contributed by atoms with Crippen LogP contribution in [0.25, 0.3) is 11.3 Å². The average Bonchev–Trinajstić information content (AvgIpc) is 3.32. The number of aryl methyl sites for hydroxylation is 5. The van der Waals surface area contributed by atoms with Crippen molar-refractivity contribution in [1.29, 1.82) is 0 Å². The van der Waals surface area contributed by atoms with Crippen LogP contribution < -0.4 is 5.32 Å². The second-order valence-electron chi connectivity index (χ2n) is 8.82. The van der Waals surface area contributed by atoms with E-state index in [1.807, 2.05) is 71.9 Å². The van der Waals surface area contributed by atoms with Gasteiger partial charge in [0.25, 0.3) is 5.91 Å². The smallest absolute Gasteiger partial charge is 0.306 e. The number of carbonyl (C=O) groups excluding carboxylic acids is 2. The van der Waals surface area contributed by atoms with Crippen LogP contribution in [0.5, 0.6) is 0 Å². The van der Waals surface area contributed by atoms with Crippen LogP contribution in [0.3, 0.4) is 0 Å². The summed E-state index contributed by atoms with van der Waals surface area (Å²) in [5.41, 5.74) is 8.60. The number of fused-ring (bicyclic) bond motifs is 1. The van der Waals surface area contributed by atoms with Crippen molar-refractivity contribution >= 4 is 23.2 Å². The van der Waals surface area contributed by atoms with Crippen LogP contribution >= 0.6 is 0 Å². The van der Waals surface area contributed by atoms with Gasteiger partial charge in [0.05, 0.1) is 28.5 Å². The highest BCUT2D eigenvalue weighted by molar-refractivity contribution is 5.94. The van der Waals surface area contributed by atoms with Crippen molar-refractivity contribution in [3.05, 3.63) is 69.9 Å². The summed E-state index contributed by atoms with van der Waals surface area (Å²) in [6.45, 7) is 11.2. The molecule has 9 nitrogen and oxygen atoms in total. The van der Waals surface area contributed by atoms with E-state index in [0.29, 0.717) is 17.8 Å². The van der Waals surface area contributed by atoms with E-state index < -0.39 is 11.9 Å². The lowest BCUT2D eigenvalue weighted by Crippen LogP contribution is -2.22. The summed E-state index contributed by atoms with van der Waals surface area (Å²) in [5.74, 6) is -0.852. The molecule has 0 bridgehead atoms. The number of nitrogens with zero attached hydrogens (tertiary/aromatic N) is 5. The summed E-state index contributed by atoms with van der Waals surface area (Å²) in [5, 5.41) is 11.8. The van der Waals surface area contributed by atoms with Crippen LogP contribution in [-0.2, 0) is 20.7 Å². The molecule has 0 radical (unpaired) electrons. The molecule has 4 aromatic rings. The molecular formula is C26H30N6O3. The molecule has 0 fully saturated rings. The van der Waals surface area contributed by atoms with Gasteiger partial charge in [-0.1, -0.05) is 17.7 Å². The van der Waals surface area contributed by atoms with E-state index >= 15 is 0 Å². The van der Waals surface area contributed by atoms with Crippen molar-refractivity contribution in [2.75, 3.05) is 11.9 Å². The summed E-state index contributed by atoms with van der Waals surface area (Å²) in [6, 6.07) is 9.90. The van der Waals surface area contributed by atoms with Gasteiger partial charge in [-0.15, -0.1) is 0 Å². The first-order chi connectivity index (χ1) is 16.6. The number of aromatic nitrogens is 5. The Balaban J connectivity index is 1.34. The molecule has 4 rings (SSSR count). The minimum Gasteiger partial charge on any atom is -0.456 e. The number of nitrogens with one attached hydrogen (secondary N) is 1. The van der Waals surface area contributed by atoms with Gasteiger partial charge in [-0.05, 0) is 65.7 Å². The minimum atomic E-state index is -0.445. The zero-order valence-electron chi connectivity index (χ0n) is 21.0. The molecule has 0 spiro atoms. The predicted molar refractivity (Wildman–Crippen MR) is 133 cm³/mol. The number of hydrogen-bond acceptors (Lipinski definition) is 6. The topological polar surface area (TPSA) is 103 Å². The van der Waals surface area contributed by atoms with Crippen molar-refractivity contribution in [3.63, 3.8) is 0 Å². The largest absolute Gasteiger partial charge is 0.456 e. The number of rotatable bonds is 7. The molecule has 0 saturated heterocycles. The fraction of sp³-hybridized carbons (Fsp3) is 0.346. The zero-order valence-corrected chi connectivity index (χ0v) is 21.0. The van der Waals surface area contributed by atoms with Gasteiger partial charge >= 0.3 is 5.97 Å². The average molecular weight is 475 g/mol. The van der Waals surface area contributed by atoms with Gasteiger partial charge in [0.1, 0.15) is 0 Å². The lowest BCUT2D eigenvalue weighted by molar-refractivity contribution is -0.147. The molecular weight excluding hydrogens is 444 g/mol. The van der Waals surface area contributed by atoms with Crippen molar-refractivity contribution in [2.24, 2.45) is 0 Å². The van der Waals surface area contributed by atoms with E-state index in [2.05, 4.69) is 20.5 Å². The van der Waals surface area contributed by atoms with Crippen molar-refractivity contribution < 1.29 is 14.3 Å². The molecule has 0 atom stereocenters. The molecule has 1 N–H and O–H groups in total. The molecule has 0 aliphatic carbocycles. The Hall–Kier alpha value is -4.01. The number of carbonyl (C=O) groups is 2. The van der Waals surface area contributed by atoms with E-state index in [0.717, 1.165) is 45.2 Å². The van der Waals surface area contributed by atoms with Crippen LogP contribution in [0.2, 0.25) is 0 Å². The van der Waals surface area contributed by atoms with Gasteiger partial charge in [-0.2, -0.15) is 10.2 Å². The Bertz CT molecular complexity index is 1420. The highest BCUT2D eigenvalue weighted by Crippen LogP contribution is 2.23. The molecule has 9 heteroatoms. The number of hydrogen-bond donors (Lipinski definition) is 1. The second kappa shape index (κ2) is 9.69. The second-order valence-corrected chi connectivity index (χ2v) is 8.82. The van der Waals surface area contributed by atoms with Gasteiger partial charge in [0.2, 0.25) is 0 Å². The molecule has 0 aliphatic heterocycles. The SMILES string of the molecule is Cc1ccc(-n2nc(C)c(NC(=O)COC(=O)CCc3c(C)nc4cc(C)nn4c3C)c2C)cc1. The molecule has 182 valence electrons. The van der Waals surface area contributed by atoms with Gasteiger partial charge in [0.15, 0.2) is 12.3 Å². The lowest BCUT2D eigenvalue weighted by Gasteiger charge is -2.11. The standard InChI is InChI=1S/C26H30N6O3/c1-15-7-9-21(10-8-15)31-20(6)26(18(4)30-31)28-24(33)14-35-25(34)12-11-22-17(3)27-23-13-16(2)29-32(23)19(22)5/h7-10,13H,11-12,14H2,1-6H3,(H,28,33). The Kier molecular flexibility index (Phi) is 6.68. The molecule has 0 saturated carbocycles. The van der Waals surface area contributed by atoms with E-state index in [-0.39, 0.29) is 13.0 Å². The summed E-state index contributed by atoms with van der Waals surface area (Å²) in [4.78, 5) is 29.4. The third kappa shape index (κ3) is 5.08.